The van der Waals surface area contributed by atoms with Crippen LogP contribution >= 0.6 is 0 Å². The van der Waals surface area contributed by atoms with Crippen molar-refractivity contribution in [3.05, 3.63) is 52.6 Å². The van der Waals surface area contributed by atoms with Crippen molar-refractivity contribution < 1.29 is 15.0 Å². The lowest BCUT2D eigenvalue weighted by Gasteiger charge is -2.29. The summed E-state index contributed by atoms with van der Waals surface area (Å²) >= 11 is 0. The summed E-state index contributed by atoms with van der Waals surface area (Å²) in [6, 6.07) is 9.31. The zero-order valence-corrected chi connectivity index (χ0v) is 16.4. The predicted octanol–water partition coefficient (Wildman–Crippen LogP) is 2.79. The maximum Gasteiger partial charge on any atom is 0.258 e. The number of nitrogens with zero attached hydrogens (tertiary/aromatic N) is 2. The molecule has 28 heavy (non-hydrogen) atoms. The molecule has 6 nitrogen and oxygen atoms in total. The van der Waals surface area contributed by atoms with Crippen molar-refractivity contribution in [1.29, 1.82) is 0 Å². The number of phenols is 2. The number of amides is 1. The van der Waals surface area contributed by atoms with E-state index in [-0.39, 0.29) is 28.9 Å². The van der Waals surface area contributed by atoms with Crippen molar-refractivity contribution in [2.24, 2.45) is 0 Å². The van der Waals surface area contributed by atoms with E-state index < -0.39 is 0 Å². The van der Waals surface area contributed by atoms with Gasteiger partial charge in [0.05, 0.1) is 5.56 Å². The van der Waals surface area contributed by atoms with Gasteiger partial charge in [0.2, 0.25) is 0 Å². The summed E-state index contributed by atoms with van der Waals surface area (Å²) in [6.45, 7) is 8.91. The quantitative estimate of drug-likeness (QED) is 0.762. The van der Waals surface area contributed by atoms with Gasteiger partial charge in [-0.25, -0.2) is 0 Å². The van der Waals surface area contributed by atoms with Gasteiger partial charge in [-0.15, -0.1) is 0 Å². The van der Waals surface area contributed by atoms with Crippen LogP contribution < -0.4 is 10.2 Å². The molecular weight excluding hydrogens is 354 g/mol. The first-order valence-corrected chi connectivity index (χ1v) is 9.86. The summed E-state index contributed by atoms with van der Waals surface area (Å²) in [7, 11) is 0. The fourth-order valence-corrected chi connectivity index (χ4v) is 4.04. The minimum atomic E-state index is -0.209. The molecule has 4 rings (SSSR count). The smallest absolute Gasteiger partial charge is 0.258 e. The van der Waals surface area contributed by atoms with Gasteiger partial charge in [-0.05, 0) is 40.8 Å². The summed E-state index contributed by atoms with van der Waals surface area (Å²) < 4.78 is 0. The minimum absolute atomic E-state index is 0.0226. The van der Waals surface area contributed by atoms with E-state index in [0.717, 1.165) is 37.3 Å². The molecule has 0 saturated carbocycles. The van der Waals surface area contributed by atoms with E-state index in [2.05, 4.69) is 28.4 Å². The Morgan fingerprint density at radius 3 is 2.43 bits per heavy atom. The molecule has 0 spiro atoms. The molecule has 6 heteroatoms. The first kappa shape index (κ1) is 18.6. The fraction of sp³-hybridized carbons (Fsp3) is 0.409. The Labute approximate surface area is 165 Å². The highest BCUT2D eigenvalue weighted by atomic mass is 16.3. The van der Waals surface area contributed by atoms with Crippen molar-refractivity contribution >= 4 is 11.6 Å². The molecule has 0 atom stereocenters. The fourth-order valence-electron chi connectivity index (χ4n) is 4.04. The van der Waals surface area contributed by atoms with Gasteiger partial charge >= 0.3 is 0 Å². The van der Waals surface area contributed by atoms with Crippen LogP contribution in [0.2, 0.25) is 0 Å². The molecule has 1 fully saturated rings. The Morgan fingerprint density at radius 2 is 1.71 bits per heavy atom. The number of nitrogens with one attached hydrogen (secondary N) is 1. The molecular formula is C22H27N3O3. The molecule has 0 aliphatic carbocycles. The highest BCUT2D eigenvalue weighted by molar-refractivity contribution is 5.97. The van der Waals surface area contributed by atoms with Gasteiger partial charge < -0.3 is 25.3 Å². The number of fused-ring (bicyclic) bond motifs is 1. The van der Waals surface area contributed by atoms with Gasteiger partial charge in [0.15, 0.2) is 0 Å². The van der Waals surface area contributed by atoms with Crippen LogP contribution in [0.5, 0.6) is 11.5 Å². The molecule has 2 heterocycles. The number of carbonyl (C=O) groups excluding carboxylic acids is 1. The number of aromatic hydroxyl groups is 2. The Balaban J connectivity index is 1.56. The number of anilines is 1. The average Bonchev–Trinajstić information content (AvgIpc) is 3.11. The lowest BCUT2D eigenvalue weighted by atomic mass is 9.98. The van der Waals surface area contributed by atoms with E-state index in [0.29, 0.717) is 18.7 Å². The van der Waals surface area contributed by atoms with Crippen LogP contribution in [0.4, 0.5) is 5.69 Å². The Hall–Kier alpha value is -2.73. The SMILES string of the molecule is CC(C)c1cc(C(=O)N2Cc3ccc(N4CCNCC4)cc3C2)c(O)cc1O. The zero-order chi connectivity index (χ0) is 19.8. The highest BCUT2D eigenvalue weighted by Gasteiger charge is 2.28. The first-order valence-electron chi connectivity index (χ1n) is 9.86. The largest absolute Gasteiger partial charge is 0.508 e. The van der Waals surface area contributed by atoms with E-state index in [4.69, 9.17) is 0 Å². The Bertz CT molecular complexity index is 904. The normalized spacial score (nSPS) is 16.5. The van der Waals surface area contributed by atoms with Crippen LogP contribution in [-0.4, -0.2) is 47.2 Å². The van der Waals surface area contributed by atoms with Crippen molar-refractivity contribution in [3.8, 4) is 11.5 Å². The van der Waals surface area contributed by atoms with Crippen LogP contribution in [0.3, 0.4) is 0 Å². The second-order valence-electron chi connectivity index (χ2n) is 7.93. The second kappa shape index (κ2) is 7.36. The summed E-state index contributed by atoms with van der Waals surface area (Å²) in [4.78, 5) is 17.2. The lowest BCUT2D eigenvalue weighted by molar-refractivity contribution is 0.0748. The zero-order valence-electron chi connectivity index (χ0n) is 16.4. The summed E-state index contributed by atoms with van der Waals surface area (Å²) in [6.07, 6.45) is 0. The molecule has 0 radical (unpaired) electrons. The minimum Gasteiger partial charge on any atom is -0.508 e. The van der Waals surface area contributed by atoms with Gasteiger partial charge in [-0.1, -0.05) is 19.9 Å². The topological polar surface area (TPSA) is 76.0 Å². The van der Waals surface area contributed by atoms with Gasteiger partial charge in [-0.3, -0.25) is 4.79 Å². The van der Waals surface area contributed by atoms with E-state index >= 15 is 0 Å². The molecule has 2 aliphatic heterocycles. The third-order valence-electron chi connectivity index (χ3n) is 5.68. The molecule has 0 unspecified atom stereocenters. The van der Waals surface area contributed by atoms with Gasteiger partial charge in [0.25, 0.3) is 5.91 Å². The number of hydrogen-bond donors (Lipinski definition) is 3. The molecule has 2 aromatic rings. The van der Waals surface area contributed by atoms with Gasteiger partial charge in [0.1, 0.15) is 11.5 Å². The maximum atomic E-state index is 13.1. The number of piperazine rings is 1. The molecule has 2 aromatic carbocycles. The number of carbonyl (C=O) groups is 1. The first-order chi connectivity index (χ1) is 13.4. The van der Waals surface area contributed by atoms with Gasteiger partial charge in [0, 0.05) is 51.0 Å². The Morgan fingerprint density at radius 1 is 1.00 bits per heavy atom. The number of hydrogen-bond acceptors (Lipinski definition) is 5. The summed E-state index contributed by atoms with van der Waals surface area (Å²) in [5.74, 6) is -0.303. The van der Waals surface area contributed by atoms with E-state index in [1.807, 2.05) is 13.8 Å². The van der Waals surface area contributed by atoms with Crippen molar-refractivity contribution in [2.75, 3.05) is 31.1 Å². The maximum absolute atomic E-state index is 13.1. The van der Waals surface area contributed by atoms with Gasteiger partial charge in [-0.2, -0.15) is 0 Å². The summed E-state index contributed by atoms with van der Waals surface area (Å²) in [5, 5.41) is 23.6. The van der Waals surface area contributed by atoms with E-state index in [1.54, 1.807) is 11.0 Å². The molecule has 0 bridgehead atoms. The average molecular weight is 381 g/mol. The van der Waals surface area contributed by atoms with Crippen molar-refractivity contribution in [2.45, 2.75) is 32.9 Å². The standard InChI is InChI=1S/C22H27N3O3/c1-14(2)18-10-19(21(27)11-20(18)26)22(28)25-12-15-3-4-17(9-16(15)13-25)24-7-5-23-6-8-24/h3-4,9-11,14,23,26-27H,5-8,12-13H2,1-2H3. The highest BCUT2D eigenvalue weighted by Crippen LogP contribution is 2.35. The third kappa shape index (κ3) is 3.40. The number of benzene rings is 2. The lowest BCUT2D eigenvalue weighted by Crippen LogP contribution is -2.43. The van der Waals surface area contributed by atoms with Crippen LogP contribution in [0.25, 0.3) is 0 Å². The number of rotatable bonds is 3. The van der Waals surface area contributed by atoms with Crippen LogP contribution in [0, 0.1) is 0 Å². The van der Waals surface area contributed by atoms with Crippen molar-refractivity contribution in [1.82, 2.24) is 10.2 Å². The Kier molecular flexibility index (Phi) is 4.89. The molecule has 3 N–H and O–H groups in total. The van der Waals surface area contributed by atoms with Crippen LogP contribution in [0.15, 0.2) is 30.3 Å². The molecule has 148 valence electrons. The van der Waals surface area contributed by atoms with Crippen LogP contribution in [0.1, 0.15) is 46.8 Å². The monoisotopic (exact) mass is 381 g/mol. The van der Waals surface area contributed by atoms with Crippen molar-refractivity contribution in [3.63, 3.8) is 0 Å². The van der Waals surface area contributed by atoms with E-state index in [9.17, 15) is 15.0 Å². The van der Waals surface area contributed by atoms with Crippen LogP contribution in [-0.2, 0) is 13.1 Å². The third-order valence-corrected chi connectivity index (χ3v) is 5.68. The summed E-state index contributed by atoms with van der Waals surface area (Å²) in [5.41, 5.74) is 4.42. The number of phenolic OH excluding ortho intramolecular Hbond substituents is 2. The second-order valence-corrected chi connectivity index (χ2v) is 7.93. The molecule has 2 aliphatic rings. The molecule has 0 aromatic heterocycles. The molecule has 1 amide bonds. The predicted molar refractivity (Wildman–Crippen MR) is 109 cm³/mol. The molecule has 1 saturated heterocycles. The van der Waals surface area contributed by atoms with E-state index in [1.165, 1.54) is 11.8 Å².